The number of aliphatic hydroxyl groups excluding tert-OH is 1. The predicted molar refractivity (Wildman–Crippen MR) is 141 cm³/mol. The number of amides is 1. The second-order valence-corrected chi connectivity index (χ2v) is 9.61. The van der Waals surface area contributed by atoms with Crippen molar-refractivity contribution in [1.82, 2.24) is 14.9 Å². The molecule has 0 bridgehead atoms. The molecule has 1 fully saturated rings. The van der Waals surface area contributed by atoms with Crippen LogP contribution in [0.25, 0.3) is 11.4 Å². The molecule has 5 rings (SSSR count). The Balaban J connectivity index is 1.20. The average Bonchev–Trinajstić information content (AvgIpc) is 3.57. The summed E-state index contributed by atoms with van der Waals surface area (Å²) in [5.41, 5.74) is 3.96. The Kier molecular flexibility index (Phi) is 7.33. The molecule has 4 aromatic rings. The third kappa shape index (κ3) is 5.98. The van der Waals surface area contributed by atoms with Gasteiger partial charge in [0.25, 0.3) is 5.91 Å². The van der Waals surface area contributed by atoms with Crippen LogP contribution >= 0.6 is 0 Å². The molecule has 2 N–H and O–H groups in total. The lowest BCUT2D eigenvalue weighted by atomic mass is 10.0. The number of hydrogen-bond donors (Lipinski definition) is 2. The summed E-state index contributed by atoms with van der Waals surface area (Å²) >= 11 is 0. The molecule has 0 aliphatic carbocycles. The largest absolute Gasteiger partial charge is 0.457 e. The minimum Gasteiger partial charge on any atom is -0.457 e. The van der Waals surface area contributed by atoms with Crippen molar-refractivity contribution in [3.8, 4) is 22.9 Å². The van der Waals surface area contributed by atoms with Gasteiger partial charge in [-0.25, -0.2) is 4.39 Å². The normalized spacial score (nSPS) is 15.0. The molecular weight excluding hydrogens is 485 g/mol. The quantitative estimate of drug-likeness (QED) is 0.350. The summed E-state index contributed by atoms with van der Waals surface area (Å²) in [6.45, 7) is 2.76. The number of halogens is 1. The highest BCUT2D eigenvalue weighted by molar-refractivity contribution is 5.95. The van der Waals surface area contributed by atoms with Crippen LogP contribution in [0.2, 0.25) is 0 Å². The monoisotopic (exact) mass is 513 g/mol. The Morgan fingerprint density at radius 2 is 1.89 bits per heavy atom. The maximum absolute atomic E-state index is 14.0. The van der Waals surface area contributed by atoms with Crippen molar-refractivity contribution in [2.45, 2.75) is 32.3 Å². The van der Waals surface area contributed by atoms with Gasteiger partial charge in [0.15, 0.2) is 0 Å². The van der Waals surface area contributed by atoms with E-state index in [-0.39, 0.29) is 30.3 Å². The van der Waals surface area contributed by atoms with Gasteiger partial charge in [-0.15, -0.1) is 0 Å². The van der Waals surface area contributed by atoms with Gasteiger partial charge in [0.1, 0.15) is 23.1 Å². The second kappa shape index (κ2) is 11.0. The van der Waals surface area contributed by atoms with E-state index in [9.17, 15) is 19.1 Å². The Labute approximate surface area is 219 Å². The molecule has 1 aliphatic heterocycles. The van der Waals surface area contributed by atoms with E-state index in [2.05, 4.69) is 9.97 Å². The first kappa shape index (κ1) is 25.4. The van der Waals surface area contributed by atoms with Crippen LogP contribution in [-0.4, -0.2) is 50.9 Å². The lowest BCUT2D eigenvalue weighted by Gasteiger charge is -2.13. The standard InChI is InChI=1S/C30H28FN3O4/c1-19-2-7-27(31)21(12-19)14-24(36)13-20-3-5-25(6-4-20)38-26-8-10-32-29(16-26)28-15-22(17-33-28)30(37)34-11-9-23(35)18-34/h2-8,10,12,15-17,23,33,35H,9,11,13-14,18H2,1H3/t23-/m0/s1. The Morgan fingerprint density at radius 3 is 2.66 bits per heavy atom. The highest BCUT2D eigenvalue weighted by atomic mass is 19.1. The molecule has 2 aromatic carbocycles. The zero-order valence-electron chi connectivity index (χ0n) is 21.0. The van der Waals surface area contributed by atoms with E-state index < -0.39 is 6.10 Å². The summed E-state index contributed by atoms with van der Waals surface area (Å²) in [5, 5.41) is 9.70. The third-order valence-electron chi connectivity index (χ3n) is 6.54. The van der Waals surface area contributed by atoms with Crippen molar-refractivity contribution in [2.24, 2.45) is 0 Å². The summed E-state index contributed by atoms with van der Waals surface area (Å²) in [6.07, 6.45) is 3.65. The number of benzene rings is 2. The number of pyridine rings is 1. The molecule has 38 heavy (non-hydrogen) atoms. The number of carbonyl (C=O) groups is 2. The topological polar surface area (TPSA) is 95.5 Å². The summed E-state index contributed by atoms with van der Waals surface area (Å²) in [4.78, 5) is 34.3. The Morgan fingerprint density at radius 1 is 1.08 bits per heavy atom. The van der Waals surface area contributed by atoms with E-state index in [1.807, 2.05) is 19.1 Å². The number of carbonyl (C=O) groups excluding carboxylic acids is 2. The smallest absolute Gasteiger partial charge is 0.255 e. The van der Waals surface area contributed by atoms with E-state index >= 15 is 0 Å². The number of aromatic amines is 1. The van der Waals surface area contributed by atoms with E-state index in [0.29, 0.717) is 53.5 Å². The van der Waals surface area contributed by atoms with Crippen LogP contribution in [0.5, 0.6) is 11.5 Å². The Hall–Kier alpha value is -4.30. The SMILES string of the molecule is Cc1ccc(F)c(CC(=O)Cc2ccc(Oc3ccnc(-c4cc(C(=O)N5CC[C@H](O)C5)c[nH]4)c3)cc2)c1. The number of aryl methyl sites for hydroxylation is 1. The molecule has 0 spiro atoms. The maximum atomic E-state index is 14.0. The third-order valence-corrected chi connectivity index (χ3v) is 6.54. The lowest BCUT2D eigenvalue weighted by Crippen LogP contribution is -2.29. The van der Waals surface area contributed by atoms with E-state index in [0.717, 1.165) is 11.1 Å². The van der Waals surface area contributed by atoms with Crippen LogP contribution in [-0.2, 0) is 17.6 Å². The number of ketones is 1. The number of H-pyrrole nitrogens is 1. The number of nitrogens with zero attached hydrogens (tertiary/aromatic N) is 2. The van der Waals surface area contributed by atoms with Crippen molar-refractivity contribution >= 4 is 11.7 Å². The van der Waals surface area contributed by atoms with Crippen molar-refractivity contribution in [3.63, 3.8) is 0 Å². The molecule has 3 heterocycles. The second-order valence-electron chi connectivity index (χ2n) is 9.61. The van der Waals surface area contributed by atoms with Crippen LogP contribution in [0.3, 0.4) is 0 Å². The molecular formula is C30H28FN3O4. The zero-order valence-corrected chi connectivity index (χ0v) is 21.0. The van der Waals surface area contributed by atoms with Gasteiger partial charge >= 0.3 is 0 Å². The highest BCUT2D eigenvalue weighted by Crippen LogP contribution is 2.27. The first-order valence-corrected chi connectivity index (χ1v) is 12.5. The van der Waals surface area contributed by atoms with Crippen LogP contribution in [0.1, 0.15) is 33.5 Å². The van der Waals surface area contributed by atoms with Gasteiger partial charge in [0.05, 0.1) is 23.1 Å². The molecule has 1 aliphatic rings. The van der Waals surface area contributed by atoms with Gasteiger partial charge in [-0.2, -0.15) is 0 Å². The van der Waals surface area contributed by atoms with E-state index in [4.69, 9.17) is 4.74 Å². The number of aromatic nitrogens is 2. The number of rotatable bonds is 8. The van der Waals surface area contributed by atoms with Crippen LogP contribution < -0.4 is 4.74 Å². The van der Waals surface area contributed by atoms with Gasteiger partial charge in [0, 0.05) is 44.4 Å². The first-order valence-electron chi connectivity index (χ1n) is 12.5. The molecule has 0 unspecified atom stereocenters. The molecule has 0 saturated carbocycles. The summed E-state index contributed by atoms with van der Waals surface area (Å²) in [5.74, 6) is 0.612. The highest BCUT2D eigenvalue weighted by Gasteiger charge is 2.26. The van der Waals surface area contributed by atoms with Crippen molar-refractivity contribution in [3.05, 3.63) is 101 Å². The van der Waals surface area contributed by atoms with Gasteiger partial charge in [-0.1, -0.05) is 29.8 Å². The van der Waals surface area contributed by atoms with Gasteiger partial charge in [0.2, 0.25) is 0 Å². The molecule has 1 amide bonds. The number of Topliss-reactive ketones (excluding diaryl/α,β-unsaturated/α-hetero) is 1. The molecule has 8 heteroatoms. The Bertz CT molecular complexity index is 1460. The van der Waals surface area contributed by atoms with Crippen LogP contribution in [0, 0.1) is 12.7 Å². The lowest BCUT2D eigenvalue weighted by molar-refractivity contribution is -0.117. The molecule has 7 nitrogen and oxygen atoms in total. The molecule has 0 radical (unpaired) electrons. The van der Waals surface area contributed by atoms with E-state index in [1.165, 1.54) is 6.07 Å². The summed E-state index contributed by atoms with van der Waals surface area (Å²) < 4.78 is 20.0. The van der Waals surface area contributed by atoms with Crippen molar-refractivity contribution in [2.75, 3.05) is 13.1 Å². The van der Waals surface area contributed by atoms with E-state index in [1.54, 1.807) is 59.8 Å². The number of hydrogen-bond acceptors (Lipinski definition) is 5. The van der Waals surface area contributed by atoms with Gasteiger partial charge < -0.3 is 19.7 Å². The predicted octanol–water partition coefficient (Wildman–Crippen LogP) is 4.88. The van der Waals surface area contributed by atoms with Gasteiger partial charge in [-0.05, 0) is 54.8 Å². The van der Waals surface area contributed by atoms with Gasteiger partial charge in [-0.3, -0.25) is 14.6 Å². The number of β-amino-alcohol motifs (C(OH)–C–C–N with tert-alkyl or cyclic N) is 1. The average molecular weight is 514 g/mol. The number of aliphatic hydroxyl groups is 1. The van der Waals surface area contributed by atoms with Crippen molar-refractivity contribution in [1.29, 1.82) is 0 Å². The molecule has 1 saturated heterocycles. The molecule has 1 atom stereocenters. The zero-order chi connectivity index (χ0) is 26.6. The molecule has 2 aromatic heterocycles. The summed E-state index contributed by atoms with van der Waals surface area (Å²) in [6, 6.07) is 17.2. The van der Waals surface area contributed by atoms with Crippen LogP contribution in [0.15, 0.2) is 73.1 Å². The van der Waals surface area contributed by atoms with Crippen LogP contribution in [0.4, 0.5) is 4.39 Å². The fourth-order valence-electron chi connectivity index (χ4n) is 4.55. The minimum absolute atomic E-state index is 0.0532. The molecule has 194 valence electrons. The number of nitrogens with one attached hydrogen (secondary N) is 1. The number of likely N-dealkylation sites (tertiary alicyclic amines) is 1. The first-order chi connectivity index (χ1) is 18.3. The fraction of sp³-hybridized carbons (Fsp3) is 0.233. The fourth-order valence-corrected chi connectivity index (χ4v) is 4.55. The van der Waals surface area contributed by atoms with Crippen molar-refractivity contribution < 1.29 is 23.8 Å². The minimum atomic E-state index is -0.467. The number of ether oxygens (including phenoxy) is 1. The summed E-state index contributed by atoms with van der Waals surface area (Å²) in [7, 11) is 0. The maximum Gasteiger partial charge on any atom is 0.255 e.